The maximum absolute atomic E-state index is 13.1. The van der Waals surface area contributed by atoms with Crippen molar-refractivity contribution in [2.45, 2.75) is 23.6 Å². The quantitative estimate of drug-likeness (QED) is 0.290. The molecule has 5 rings (SSSR count). The lowest BCUT2D eigenvalue weighted by Gasteiger charge is -2.10. The highest BCUT2D eigenvalue weighted by Gasteiger charge is 2.14. The highest BCUT2D eigenvalue weighted by atomic mass is 32.2. The number of aryl methyl sites for hydroxylation is 2. The van der Waals surface area contributed by atoms with E-state index >= 15 is 0 Å². The van der Waals surface area contributed by atoms with Crippen LogP contribution in [0, 0.1) is 13.8 Å². The Bertz CT molecular complexity index is 1520. The molecule has 0 aliphatic heterocycles. The molecular weight excluding hydrogens is 454 g/mol. The molecule has 1 amide bonds. The third kappa shape index (κ3) is 5.31. The molecule has 6 nitrogen and oxygen atoms in total. The Hall–Kier alpha value is -4.23. The van der Waals surface area contributed by atoms with E-state index in [9.17, 15) is 4.79 Å². The summed E-state index contributed by atoms with van der Waals surface area (Å²) in [6, 6.07) is 23.4. The van der Waals surface area contributed by atoms with Gasteiger partial charge < -0.3 is 5.32 Å². The number of aromatic nitrogens is 4. The number of carbonyl (C=O) groups is 1. The van der Waals surface area contributed by atoms with E-state index in [1.54, 1.807) is 6.20 Å². The van der Waals surface area contributed by atoms with Crippen LogP contribution >= 0.6 is 11.8 Å². The van der Waals surface area contributed by atoms with Gasteiger partial charge in [-0.05, 0) is 86.2 Å². The number of anilines is 1. The van der Waals surface area contributed by atoms with Crippen molar-refractivity contribution in [3.63, 3.8) is 0 Å². The average molecular weight is 478 g/mol. The molecular formula is C28H23N5OS. The van der Waals surface area contributed by atoms with Crippen molar-refractivity contribution in [3.05, 3.63) is 107 Å². The monoisotopic (exact) mass is 477 g/mol. The first-order valence-corrected chi connectivity index (χ1v) is 12.0. The van der Waals surface area contributed by atoms with Crippen molar-refractivity contribution in [2.24, 2.45) is 0 Å². The summed E-state index contributed by atoms with van der Waals surface area (Å²) in [6.07, 6.45) is 5.66. The molecule has 0 atom stereocenters. The van der Waals surface area contributed by atoms with Gasteiger partial charge >= 0.3 is 0 Å². The summed E-state index contributed by atoms with van der Waals surface area (Å²) in [4.78, 5) is 23.7. The average Bonchev–Trinajstić information content (AvgIpc) is 3.25. The van der Waals surface area contributed by atoms with Crippen molar-refractivity contribution < 1.29 is 4.79 Å². The third-order valence-corrected chi connectivity index (χ3v) is 6.43. The van der Waals surface area contributed by atoms with Gasteiger partial charge in [-0.2, -0.15) is 5.10 Å². The van der Waals surface area contributed by atoms with Crippen LogP contribution in [0.5, 0.6) is 0 Å². The third-order valence-electron chi connectivity index (χ3n) is 5.36. The van der Waals surface area contributed by atoms with Crippen LogP contribution < -0.4 is 5.32 Å². The number of fused-ring (bicyclic) bond motifs is 1. The number of amides is 1. The summed E-state index contributed by atoms with van der Waals surface area (Å²) in [6.45, 7) is 3.90. The van der Waals surface area contributed by atoms with Crippen LogP contribution in [0.15, 0.2) is 88.8 Å². The first-order valence-electron chi connectivity index (χ1n) is 11.2. The van der Waals surface area contributed by atoms with E-state index in [1.807, 2.05) is 98.8 Å². The first-order chi connectivity index (χ1) is 17.0. The second-order valence-corrected chi connectivity index (χ2v) is 9.24. The Kier molecular flexibility index (Phi) is 6.41. The van der Waals surface area contributed by atoms with Gasteiger partial charge in [0.1, 0.15) is 5.82 Å². The Labute approximate surface area is 207 Å². The number of nitrogens with zero attached hydrogens (tertiary/aromatic N) is 3. The standard InChI is InChI=1S/C28H23N5OS/c1-18-15-19(2)30-27(16-18)31-28(34)23-8-3-4-9-26(23)35-21-11-12-22-24(32-33-25(22)17-21)13-10-20-7-5-6-14-29-20/h3-17H,1-2H3,(H,32,33)(H,30,31,34)/b13-10+. The Balaban J connectivity index is 1.36. The van der Waals surface area contributed by atoms with Gasteiger partial charge in [0, 0.05) is 27.1 Å². The molecule has 0 saturated heterocycles. The van der Waals surface area contributed by atoms with Crippen LogP contribution in [0.25, 0.3) is 23.1 Å². The van der Waals surface area contributed by atoms with Gasteiger partial charge in [0.25, 0.3) is 5.91 Å². The maximum atomic E-state index is 13.1. The fourth-order valence-corrected chi connectivity index (χ4v) is 4.79. The summed E-state index contributed by atoms with van der Waals surface area (Å²) in [5.74, 6) is 0.368. The molecule has 3 heterocycles. The summed E-state index contributed by atoms with van der Waals surface area (Å²) in [5, 5.41) is 11.5. The fourth-order valence-electron chi connectivity index (χ4n) is 3.81. The van der Waals surface area contributed by atoms with E-state index < -0.39 is 0 Å². The topological polar surface area (TPSA) is 83.6 Å². The van der Waals surface area contributed by atoms with Crippen LogP contribution in [0.2, 0.25) is 0 Å². The number of aromatic amines is 1. The van der Waals surface area contributed by atoms with Crippen molar-refractivity contribution >= 4 is 46.5 Å². The molecule has 0 fully saturated rings. The zero-order valence-electron chi connectivity index (χ0n) is 19.3. The van der Waals surface area contributed by atoms with Gasteiger partial charge in [-0.15, -0.1) is 0 Å². The molecule has 0 saturated carbocycles. The predicted molar refractivity (Wildman–Crippen MR) is 141 cm³/mol. The molecule has 172 valence electrons. The minimum absolute atomic E-state index is 0.185. The second kappa shape index (κ2) is 9.95. The summed E-state index contributed by atoms with van der Waals surface area (Å²) in [5.41, 5.74) is 5.17. The van der Waals surface area contributed by atoms with E-state index in [0.29, 0.717) is 11.4 Å². The van der Waals surface area contributed by atoms with E-state index in [2.05, 4.69) is 25.5 Å². The van der Waals surface area contributed by atoms with Gasteiger partial charge in [-0.1, -0.05) is 30.0 Å². The summed E-state index contributed by atoms with van der Waals surface area (Å²) < 4.78 is 0. The molecule has 2 N–H and O–H groups in total. The Morgan fingerprint density at radius 1 is 0.971 bits per heavy atom. The van der Waals surface area contributed by atoms with E-state index in [4.69, 9.17) is 0 Å². The molecule has 7 heteroatoms. The van der Waals surface area contributed by atoms with Gasteiger partial charge in [0.2, 0.25) is 0 Å². The molecule has 0 bridgehead atoms. The van der Waals surface area contributed by atoms with Crippen molar-refractivity contribution in [3.8, 4) is 0 Å². The molecule has 0 unspecified atom stereocenters. The number of nitrogens with one attached hydrogen (secondary N) is 2. The Morgan fingerprint density at radius 3 is 2.66 bits per heavy atom. The van der Waals surface area contributed by atoms with Crippen molar-refractivity contribution in [1.29, 1.82) is 0 Å². The van der Waals surface area contributed by atoms with Crippen molar-refractivity contribution in [2.75, 3.05) is 5.32 Å². The Morgan fingerprint density at radius 2 is 1.83 bits per heavy atom. The normalized spacial score (nSPS) is 11.3. The van der Waals surface area contributed by atoms with Gasteiger partial charge in [0.05, 0.1) is 22.5 Å². The minimum Gasteiger partial charge on any atom is -0.307 e. The van der Waals surface area contributed by atoms with Crippen LogP contribution in [0.3, 0.4) is 0 Å². The molecule has 0 radical (unpaired) electrons. The van der Waals surface area contributed by atoms with Gasteiger partial charge in [-0.25, -0.2) is 4.98 Å². The van der Waals surface area contributed by atoms with Crippen LogP contribution in [0.4, 0.5) is 5.82 Å². The van der Waals surface area contributed by atoms with E-state index in [0.717, 1.165) is 43.3 Å². The lowest BCUT2D eigenvalue weighted by atomic mass is 10.2. The second-order valence-electron chi connectivity index (χ2n) is 8.13. The molecule has 0 aliphatic rings. The zero-order valence-corrected chi connectivity index (χ0v) is 20.1. The number of hydrogen-bond acceptors (Lipinski definition) is 5. The van der Waals surface area contributed by atoms with Crippen LogP contribution in [-0.4, -0.2) is 26.1 Å². The molecule has 3 aromatic heterocycles. The number of pyridine rings is 2. The number of hydrogen-bond donors (Lipinski definition) is 2. The number of benzene rings is 2. The molecule has 5 aromatic rings. The lowest BCUT2D eigenvalue weighted by Crippen LogP contribution is -2.14. The molecule has 35 heavy (non-hydrogen) atoms. The van der Waals surface area contributed by atoms with Crippen LogP contribution in [0.1, 0.15) is 33.0 Å². The van der Waals surface area contributed by atoms with Crippen LogP contribution in [-0.2, 0) is 0 Å². The smallest absolute Gasteiger partial charge is 0.257 e. The van der Waals surface area contributed by atoms with E-state index in [-0.39, 0.29) is 5.91 Å². The van der Waals surface area contributed by atoms with E-state index in [1.165, 1.54) is 11.8 Å². The first kappa shape index (κ1) is 22.6. The zero-order chi connectivity index (χ0) is 24.2. The summed E-state index contributed by atoms with van der Waals surface area (Å²) in [7, 11) is 0. The SMILES string of the molecule is Cc1cc(C)nc(NC(=O)c2ccccc2Sc2ccc3c(/C=C/c4ccccn4)n[nH]c3c2)c1. The van der Waals surface area contributed by atoms with Crippen molar-refractivity contribution in [1.82, 2.24) is 20.2 Å². The molecule has 0 aliphatic carbocycles. The summed E-state index contributed by atoms with van der Waals surface area (Å²) >= 11 is 1.54. The number of rotatable bonds is 6. The number of H-pyrrole nitrogens is 1. The maximum Gasteiger partial charge on any atom is 0.257 e. The predicted octanol–water partition coefficient (Wildman–Crippen LogP) is 6.54. The highest BCUT2D eigenvalue weighted by molar-refractivity contribution is 7.99. The largest absolute Gasteiger partial charge is 0.307 e. The van der Waals surface area contributed by atoms with Gasteiger partial charge in [0.15, 0.2) is 0 Å². The lowest BCUT2D eigenvalue weighted by molar-refractivity contribution is 0.102. The fraction of sp³-hybridized carbons (Fsp3) is 0.0714. The molecule has 2 aromatic carbocycles. The minimum atomic E-state index is -0.185. The number of carbonyl (C=O) groups excluding carboxylic acids is 1. The highest BCUT2D eigenvalue weighted by Crippen LogP contribution is 2.33. The molecule has 0 spiro atoms. The van der Waals surface area contributed by atoms with Gasteiger partial charge in [-0.3, -0.25) is 14.9 Å².